The van der Waals surface area contributed by atoms with Gasteiger partial charge in [0.1, 0.15) is 4.61 Å². The summed E-state index contributed by atoms with van der Waals surface area (Å²) in [6.07, 6.45) is 7.03. The van der Waals surface area contributed by atoms with Crippen LogP contribution in [0.5, 0.6) is 0 Å². The van der Waals surface area contributed by atoms with Crippen molar-refractivity contribution < 1.29 is 0 Å². The van der Waals surface area contributed by atoms with Crippen molar-refractivity contribution in [1.82, 2.24) is 5.32 Å². The summed E-state index contributed by atoms with van der Waals surface area (Å²) in [6, 6.07) is 0. The molecule has 0 fully saturated rings. The number of nitrogens with one attached hydrogen (secondary N) is 1. The molecule has 1 rings (SSSR count). The maximum atomic E-state index is 3.87. The van der Waals surface area contributed by atoms with Gasteiger partial charge in [0.25, 0.3) is 0 Å². The second-order valence-corrected chi connectivity index (χ2v) is 2.13. The third kappa shape index (κ3) is 1.50. The van der Waals surface area contributed by atoms with Gasteiger partial charge < -0.3 is 5.32 Å². The molecule has 0 aromatic heterocycles. The van der Waals surface area contributed by atoms with Crippen LogP contribution in [0.3, 0.4) is 0 Å². The van der Waals surface area contributed by atoms with Crippen LogP contribution in [-0.2, 0) is 0 Å². The van der Waals surface area contributed by atoms with Gasteiger partial charge in [-0.3, -0.25) is 4.99 Å². The molecule has 1 heterocycles. The first-order valence-corrected chi connectivity index (χ1v) is 2.99. The van der Waals surface area contributed by atoms with Crippen molar-refractivity contribution in [2.75, 3.05) is 0 Å². The molecule has 0 spiro atoms. The number of hydrogen-bond donors (Lipinski definition) is 1. The first-order chi connectivity index (χ1) is 3.89. The van der Waals surface area contributed by atoms with Crippen molar-refractivity contribution in [3.8, 4) is 0 Å². The zero-order valence-corrected chi connectivity index (χ0v) is 5.72. The molecule has 0 unspecified atom stereocenters. The highest BCUT2D eigenvalue weighted by molar-refractivity contribution is 9.11. The van der Waals surface area contributed by atoms with Gasteiger partial charge in [0, 0.05) is 12.4 Å². The average molecular weight is 173 g/mol. The summed E-state index contributed by atoms with van der Waals surface area (Å²) in [5, 5.41) is 2.92. The summed E-state index contributed by atoms with van der Waals surface area (Å²) in [4.78, 5) is 3.87. The summed E-state index contributed by atoms with van der Waals surface area (Å²) in [7, 11) is 0. The van der Waals surface area contributed by atoms with Gasteiger partial charge in [0.2, 0.25) is 0 Å². The van der Waals surface area contributed by atoms with E-state index in [1.54, 1.807) is 18.6 Å². The monoisotopic (exact) mass is 172 g/mol. The topological polar surface area (TPSA) is 24.4 Å². The Morgan fingerprint density at radius 2 is 2.50 bits per heavy atom. The fourth-order valence-corrected chi connectivity index (χ4v) is 0.617. The SMILES string of the molecule is BrC1=CN=CC=CN1. The van der Waals surface area contributed by atoms with Crippen LogP contribution < -0.4 is 5.32 Å². The Balaban J connectivity index is 2.69. The standard InChI is InChI=1S/C5H5BrN2/c6-5-4-7-2-1-3-8-5/h1-4,8H. The van der Waals surface area contributed by atoms with E-state index in [9.17, 15) is 0 Å². The predicted octanol–water partition coefficient (Wildman–Crippen LogP) is 1.37. The van der Waals surface area contributed by atoms with Crippen molar-refractivity contribution in [3.63, 3.8) is 0 Å². The zero-order valence-electron chi connectivity index (χ0n) is 4.13. The van der Waals surface area contributed by atoms with E-state index >= 15 is 0 Å². The lowest BCUT2D eigenvalue weighted by molar-refractivity contribution is 1.17. The van der Waals surface area contributed by atoms with Crippen LogP contribution in [0.15, 0.2) is 28.1 Å². The van der Waals surface area contributed by atoms with Crippen molar-refractivity contribution in [2.45, 2.75) is 0 Å². The summed E-state index contributed by atoms with van der Waals surface area (Å²) < 4.78 is 0.877. The van der Waals surface area contributed by atoms with Crippen molar-refractivity contribution in [3.05, 3.63) is 23.1 Å². The summed E-state index contributed by atoms with van der Waals surface area (Å²) in [5.41, 5.74) is 0. The Labute approximate surface area is 56.1 Å². The van der Waals surface area contributed by atoms with Crippen molar-refractivity contribution >= 4 is 22.1 Å². The molecule has 42 valence electrons. The van der Waals surface area contributed by atoms with Crippen LogP contribution in [0.2, 0.25) is 0 Å². The molecule has 0 aliphatic carbocycles. The number of hydrogen-bond acceptors (Lipinski definition) is 2. The minimum Gasteiger partial charge on any atom is -0.355 e. The Bertz CT molecular complexity index is 158. The van der Waals surface area contributed by atoms with Crippen molar-refractivity contribution in [2.24, 2.45) is 4.99 Å². The van der Waals surface area contributed by atoms with E-state index in [-0.39, 0.29) is 0 Å². The van der Waals surface area contributed by atoms with Crippen LogP contribution in [0.1, 0.15) is 0 Å². The summed E-state index contributed by atoms with van der Waals surface area (Å²) in [5.74, 6) is 0. The predicted molar refractivity (Wildman–Crippen MR) is 37.8 cm³/mol. The third-order valence-corrected chi connectivity index (χ3v) is 1.11. The van der Waals surface area contributed by atoms with E-state index in [1.807, 2.05) is 6.08 Å². The van der Waals surface area contributed by atoms with E-state index < -0.39 is 0 Å². The minimum absolute atomic E-state index is 0.877. The molecule has 0 aromatic rings. The lowest BCUT2D eigenvalue weighted by Crippen LogP contribution is -1.95. The molecule has 8 heavy (non-hydrogen) atoms. The Hall–Kier alpha value is -0.570. The molecule has 0 saturated heterocycles. The largest absolute Gasteiger partial charge is 0.355 e. The van der Waals surface area contributed by atoms with E-state index in [0.717, 1.165) is 4.61 Å². The second kappa shape index (κ2) is 2.67. The van der Waals surface area contributed by atoms with Gasteiger partial charge in [0.15, 0.2) is 0 Å². The van der Waals surface area contributed by atoms with Crippen molar-refractivity contribution in [1.29, 1.82) is 0 Å². The molecule has 2 nitrogen and oxygen atoms in total. The highest BCUT2D eigenvalue weighted by atomic mass is 79.9. The maximum Gasteiger partial charge on any atom is 0.100 e. The van der Waals surface area contributed by atoms with E-state index in [4.69, 9.17) is 0 Å². The van der Waals surface area contributed by atoms with Crippen LogP contribution in [-0.4, -0.2) is 6.21 Å². The third-order valence-electron chi connectivity index (χ3n) is 0.677. The van der Waals surface area contributed by atoms with Crippen LogP contribution in [0.4, 0.5) is 0 Å². The maximum absolute atomic E-state index is 3.87. The average Bonchev–Trinajstić information content (AvgIpc) is 1.94. The van der Waals surface area contributed by atoms with Gasteiger partial charge in [0.05, 0.1) is 6.20 Å². The lowest BCUT2D eigenvalue weighted by Gasteiger charge is -1.89. The Morgan fingerprint density at radius 1 is 1.62 bits per heavy atom. The van der Waals surface area contributed by atoms with Crippen LogP contribution in [0.25, 0.3) is 0 Å². The number of halogens is 1. The van der Waals surface area contributed by atoms with Gasteiger partial charge in [-0.1, -0.05) is 0 Å². The van der Waals surface area contributed by atoms with Gasteiger partial charge in [-0.2, -0.15) is 0 Å². The molecule has 0 bridgehead atoms. The fourth-order valence-electron chi connectivity index (χ4n) is 0.366. The molecule has 3 heteroatoms. The van der Waals surface area contributed by atoms with E-state index in [0.29, 0.717) is 0 Å². The lowest BCUT2D eigenvalue weighted by atomic mass is 10.7. The molecule has 0 atom stereocenters. The normalized spacial score (nSPS) is 16.9. The highest BCUT2D eigenvalue weighted by Gasteiger charge is 1.83. The molecular formula is C5H5BrN2. The van der Waals surface area contributed by atoms with Gasteiger partial charge in [-0.15, -0.1) is 0 Å². The van der Waals surface area contributed by atoms with E-state index in [2.05, 4.69) is 26.2 Å². The molecule has 0 amide bonds. The van der Waals surface area contributed by atoms with Gasteiger partial charge >= 0.3 is 0 Å². The molecule has 1 N–H and O–H groups in total. The summed E-state index contributed by atoms with van der Waals surface area (Å²) >= 11 is 3.22. The van der Waals surface area contributed by atoms with Gasteiger partial charge in [-0.25, -0.2) is 0 Å². The number of aliphatic imine (C=N–C) groups is 1. The number of allylic oxidation sites excluding steroid dienone is 1. The first-order valence-electron chi connectivity index (χ1n) is 2.20. The minimum atomic E-state index is 0.877. The molecule has 1 aliphatic rings. The summed E-state index contributed by atoms with van der Waals surface area (Å²) in [6.45, 7) is 0. The Morgan fingerprint density at radius 3 is 3.38 bits per heavy atom. The fraction of sp³-hybridized carbons (Fsp3) is 0. The quantitative estimate of drug-likeness (QED) is 0.549. The molecule has 0 saturated carbocycles. The Kier molecular flexibility index (Phi) is 1.86. The van der Waals surface area contributed by atoms with E-state index in [1.165, 1.54) is 0 Å². The second-order valence-electron chi connectivity index (χ2n) is 1.28. The van der Waals surface area contributed by atoms with Crippen LogP contribution >= 0.6 is 15.9 Å². The molecular weight excluding hydrogens is 168 g/mol. The highest BCUT2D eigenvalue weighted by Crippen LogP contribution is 2.00. The smallest absolute Gasteiger partial charge is 0.100 e. The zero-order chi connectivity index (χ0) is 5.82. The molecule has 0 radical (unpaired) electrons. The van der Waals surface area contributed by atoms with Gasteiger partial charge in [-0.05, 0) is 22.0 Å². The molecule has 1 aliphatic heterocycles. The number of nitrogens with zero attached hydrogens (tertiary/aromatic N) is 1. The first kappa shape index (κ1) is 5.56. The number of rotatable bonds is 0. The van der Waals surface area contributed by atoms with Crippen LogP contribution in [0, 0.1) is 0 Å². The molecule has 0 aromatic carbocycles.